The molecule has 1 aliphatic carbocycles. The zero-order chi connectivity index (χ0) is 18.7. The summed E-state index contributed by atoms with van der Waals surface area (Å²) in [6.45, 7) is 10.9. The fraction of sp³-hybridized carbons (Fsp3) is 0.333. The number of carbonyl (C=O) groups excluding carboxylic acids is 1. The summed E-state index contributed by atoms with van der Waals surface area (Å²) in [5, 5.41) is 10.3. The van der Waals surface area contributed by atoms with Gasteiger partial charge in [0.1, 0.15) is 22.8 Å². The van der Waals surface area contributed by atoms with E-state index in [4.69, 9.17) is 4.42 Å². The molecule has 1 aromatic heterocycles. The van der Waals surface area contributed by atoms with Crippen LogP contribution in [0.1, 0.15) is 48.8 Å². The third kappa shape index (κ3) is 2.44. The average Bonchev–Trinajstić information content (AvgIpc) is 2.50. The molecule has 0 saturated heterocycles. The summed E-state index contributed by atoms with van der Waals surface area (Å²) in [5.74, 6) is 0.126. The van der Waals surface area contributed by atoms with Crippen LogP contribution in [0.2, 0.25) is 0 Å². The number of aryl methyl sites for hydroxylation is 3. The number of fused-ring (bicyclic) bond motifs is 1. The minimum absolute atomic E-state index is 0.0910. The van der Waals surface area contributed by atoms with Gasteiger partial charge in [-0.15, -0.1) is 0 Å². The molecule has 4 nitrogen and oxygen atoms in total. The Kier molecular flexibility index (Phi) is 3.75. The number of allylic oxidation sites excluding steroid dienone is 1. The summed E-state index contributed by atoms with van der Waals surface area (Å²) in [6, 6.07) is 5.46. The fourth-order valence-corrected chi connectivity index (χ4v) is 3.72. The Bertz CT molecular complexity index is 980. The molecule has 3 rings (SSSR count). The number of benzene rings is 1. The molecule has 4 heteroatoms. The van der Waals surface area contributed by atoms with Gasteiger partial charge in [0.2, 0.25) is 0 Å². The van der Waals surface area contributed by atoms with E-state index in [9.17, 15) is 14.7 Å². The van der Waals surface area contributed by atoms with Crippen molar-refractivity contribution in [2.45, 2.75) is 47.0 Å². The quantitative estimate of drug-likeness (QED) is 0.838. The summed E-state index contributed by atoms with van der Waals surface area (Å²) in [4.78, 5) is 25.3. The second-order valence-corrected chi connectivity index (χ2v) is 7.38. The zero-order valence-corrected chi connectivity index (χ0v) is 15.4. The number of aliphatic hydroxyl groups is 1. The molecular weight excluding hydrogens is 316 g/mol. The normalized spacial score (nSPS) is 16.2. The van der Waals surface area contributed by atoms with Crippen LogP contribution in [0, 0.1) is 20.8 Å². The molecular formula is C21H22O4. The van der Waals surface area contributed by atoms with E-state index in [-0.39, 0.29) is 33.9 Å². The first-order valence-electron chi connectivity index (χ1n) is 8.27. The van der Waals surface area contributed by atoms with E-state index < -0.39 is 5.41 Å². The number of carbonyl (C=O) groups is 1. The van der Waals surface area contributed by atoms with Gasteiger partial charge in [0.25, 0.3) is 0 Å². The molecule has 1 heterocycles. The monoisotopic (exact) mass is 338 g/mol. The van der Waals surface area contributed by atoms with Gasteiger partial charge >= 0.3 is 0 Å². The minimum Gasteiger partial charge on any atom is -0.507 e. The van der Waals surface area contributed by atoms with Crippen LogP contribution in [-0.4, -0.2) is 10.9 Å². The Labute approximate surface area is 146 Å². The molecule has 0 aliphatic heterocycles. The van der Waals surface area contributed by atoms with E-state index in [0.29, 0.717) is 5.76 Å². The van der Waals surface area contributed by atoms with Crippen molar-refractivity contribution in [1.29, 1.82) is 0 Å². The number of hydrogen-bond acceptors (Lipinski definition) is 4. The van der Waals surface area contributed by atoms with Crippen LogP contribution < -0.4 is 5.43 Å². The number of ketones is 1. The zero-order valence-electron chi connectivity index (χ0n) is 15.4. The largest absolute Gasteiger partial charge is 0.507 e. The van der Waals surface area contributed by atoms with Gasteiger partial charge in [-0.25, -0.2) is 0 Å². The highest BCUT2D eigenvalue weighted by atomic mass is 16.3. The summed E-state index contributed by atoms with van der Waals surface area (Å²) in [6.07, 6.45) is 0. The molecule has 0 spiro atoms. The first-order chi connectivity index (χ1) is 11.6. The Hall–Kier alpha value is -2.62. The lowest BCUT2D eigenvalue weighted by Crippen LogP contribution is -2.37. The first-order valence-corrected chi connectivity index (χ1v) is 8.27. The molecule has 0 bridgehead atoms. The lowest BCUT2D eigenvalue weighted by Gasteiger charge is -2.29. The van der Waals surface area contributed by atoms with Gasteiger partial charge in [-0.1, -0.05) is 17.7 Å². The number of hydrogen-bond donors (Lipinski definition) is 1. The van der Waals surface area contributed by atoms with Crippen LogP contribution in [0.3, 0.4) is 0 Å². The second kappa shape index (κ2) is 5.45. The smallest absolute Gasteiger partial charge is 0.196 e. The van der Waals surface area contributed by atoms with Crippen molar-refractivity contribution in [3.63, 3.8) is 0 Å². The lowest BCUT2D eigenvalue weighted by molar-refractivity contribution is -0.120. The highest BCUT2D eigenvalue weighted by Gasteiger charge is 2.43. The highest BCUT2D eigenvalue weighted by molar-refractivity contribution is 6.09. The van der Waals surface area contributed by atoms with Crippen LogP contribution in [-0.2, 0) is 10.2 Å². The van der Waals surface area contributed by atoms with Crippen LogP contribution >= 0.6 is 0 Å². The van der Waals surface area contributed by atoms with E-state index >= 15 is 0 Å². The van der Waals surface area contributed by atoms with E-state index in [1.807, 2.05) is 32.9 Å². The van der Waals surface area contributed by atoms with Crippen molar-refractivity contribution in [2.24, 2.45) is 0 Å². The molecule has 1 aliphatic rings. The summed E-state index contributed by atoms with van der Waals surface area (Å²) in [7, 11) is 0. The third-order valence-corrected chi connectivity index (χ3v) is 4.94. The van der Waals surface area contributed by atoms with Crippen molar-refractivity contribution >= 4 is 11.5 Å². The molecule has 0 radical (unpaired) electrons. The van der Waals surface area contributed by atoms with E-state index in [1.54, 1.807) is 13.8 Å². The van der Waals surface area contributed by atoms with Gasteiger partial charge in [0.15, 0.2) is 11.2 Å². The Balaban J connectivity index is 2.38. The predicted octanol–water partition coefficient (Wildman–Crippen LogP) is 4.38. The molecule has 2 aromatic rings. The number of aliphatic hydroxyl groups excluding tert-OH is 1. The van der Waals surface area contributed by atoms with Crippen molar-refractivity contribution in [1.82, 2.24) is 0 Å². The summed E-state index contributed by atoms with van der Waals surface area (Å²) >= 11 is 0. The topological polar surface area (TPSA) is 67.5 Å². The molecule has 1 N–H and O–H groups in total. The standard InChI is InChI=1S/C21H22O4/c1-10-7-11(2)16(12(3)8-10)15-9-14(22)17-18(23)13(4)19(24)21(5,6)20(17)25-15/h7-9,23H,1-6H3. The van der Waals surface area contributed by atoms with Crippen LogP contribution in [0.4, 0.5) is 0 Å². The highest BCUT2D eigenvalue weighted by Crippen LogP contribution is 2.40. The fourth-order valence-electron chi connectivity index (χ4n) is 3.72. The summed E-state index contributed by atoms with van der Waals surface area (Å²) < 4.78 is 6.06. The Morgan fingerprint density at radius 3 is 2.04 bits per heavy atom. The number of Topliss-reactive ketones (excluding diaryl/α,β-unsaturated/α-hetero) is 1. The van der Waals surface area contributed by atoms with E-state index in [2.05, 4.69) is 0 Å². The van der Waals surface area contributed by atoms with Crippen molar-refractivity contribution in [3.8, 4) is 11.3 Å². The first kappa shape index (κ1) is 17.2. The van der Waals surface area contributed by atoms with Gasteiger partial charge in [0, 0.05) is 17.2 Å². The molecule has 25 heavy (non-hydrogen) atoms. The van der Waals surface area contributed by atoms with E-state index in [1.165, 1.54) is 13.0 Å². The van der Waals surface area contributed by atoms with Gasteiger partial charge in [-0.2, -0.15) is 0 Å². The van der Waals surface area contributed by atoms with Gasteiger partial charge in [-0.05, 0) is 52.7 Å². The lowest BCUT2D eigenvalue weighted by atomic mass is 9.75. The Morgan fingerprint density at radius 1 is 0.920 bits per heavy atom. The Morgan fingerprint density at radius 2 is 1.48 bits per heavy atom. The maximum atomic E-state index is 12.7. The minimum atomic E-state index is -1.01. The van der Waals surface area contributed by atoms with Crippen LogP contribution in [0.15, 0.2) is 33.0 Å². The van der Waals surface area contributed by atoms with Crippen LogP contribution in [0.5, 0.6) is 0 Å². The van der Waals surface area contributed by atoms with Crippen molar-refractivity contribution < 1.29 is 14.3 Å². The molecule has 0 atom stereocenters. The number of rotatable bonds is 1. The van der Waals surface area contributed by atoms with Crippen molar-refractivity contribution in [3.05, 3.63) is 62.0 Å². The molecule has 0 saturated carbocycles. The molecule has 130 valence electrons. The van der Waals surface area contributed by atoms with Gasteiger partial charge in [-0.3, -0.25) is 9.59 Å². The molecule has 0 fully saturated rings. The maximum Gasteiger partial charge on any atom is 0.196 e. The summed E-state index contributed by atoms with van der Waals surface area (Å²) in [5.41, 5.74) is 2.91. The third-order valence-electron chi connectivity index (χ3n) is 4.94. The van der Waals surface area contributed by atoms with E-state index in [0.717, 1.165) is 22.3 Å². The van der Waals surface area contributed by atoms with Gasteiger partial charge < -0.3 is 9.52 Å². The average molecular weight is 338 g/mol. The SMILES string of the molecule is CC1=C(O)c2c(oc(-c3c(C)cc(C)cc3C)cc2=O)C(C)(C)C1=O. The maximum absolute atomic E-state index is 12.7. The molecule has 0 unspecified atom stereocenters. The van der Waals surface area contributed by atoms with Gasteiger partial charge in [0.05, 0.1) is 5.41 Å². The molecule has 1 aromatic carbocycles. The van der Waals surface area contributed by atoms with Crippen LogP contribution in [0.25, 0.3) is 17.1 Å². The van der Waals surface area contributed by atoms with Crippen molar-refractivity contribution in [2.75, 3.05) is 0 Å². The predicted molar refractivity (Wildman–Crippen MR) is 97.9 cm³/mol. The molecule has 0 amide bonds. The second-order valence-electron chi connectivity index (χ2n) is 7.38.